The van der Waals surface area contributed by atoms with Crippen LogP contribution in [0.1, 0.15) is 39.9 Å². The summed E-state index contributed by atoms with van der Waals surface area (Å²) in [5.41, 5.74) is 14.8. The van der Waals surface area contributed by atoms with Crippen LogP contribution in [0.5, 0.6) is 11.6 Å². The van der Waals surface area contributed by atoms with E-state index in [9.17, 15) is 18.3 Å². The first-order valence-electron chi connectivity index (χ1n) is 10.5. The zero-order valence-electron chi connectivity index (χ0n) is 19.1. The van der Waals surface area contributed by atoms with E-state index in [0.717, 1.165) is 18.4 Å². The fourth-order valence-electron chi connectivity index (χ4n) is 4.39. The largest absolute Gasteiger partial charge is 0.508 e. The van der Waals surface area contributed by atoms with Crippen LogP contribution in [0.4, 0.5) is 5.82 Å². The zero-order valence-corrected chi connectivity index (χ0v) is 19.9. The lowest BCUT2D eigenvalue weighted by Gasteiger charge is -2.17. The van der Waals surface area contributed by atoms with E-state index in [-0.39, 0.29) is 29.5 Å². The summed E-state index contributed by atoms with van der Waals surface area (Å²) in [7, 11) is -3.13. The molecule has 9 nitrogen and oxygen atoms in total. The van der Waals surface area contributed by atoms with Gasteiger partial charge >= 0.3 is 0 Å². The van der Waals surface area contributed by atoms with Gasteiger partial charge in [-0.2, -0.15) is 4.98 Å². The number of aromatic hydroxyl groups is 1. The number of nitrogen functional groups attached to an aromatic ring is 1. The van der Waals surface area contributed by atoms with Crippen molar-refractivity contribution in [1.82, 2.24) is 9.55 Å². The molecule has 0 radical (unpaired) electrons. The molecule has 3 aromatic rings. The second-order valence-corrected chi connectivity index (χ2v) is 11.3. The van der Waals surface area contributed by atoms with Gasteiger partial charge in [-0.25, -0.2) is 8.42 Å². The summed E-state index contributed by atoms with van der Waals surface area (Å²) < 4.78 is 31.2. The van der Waals surface area contributed by atoms with Crippen LogP contribution in [0.15, 0.2) is 18.2 Å². The summed E-state index contributed by atoms with van der Waals surface area (Å²) in [6, 6.07) is 5.09. The first-order chi connectivity index (χ1) is 15.3. The van der Waals surface area contributed by atoms with E-state index < -0.39 is 21.2 Å². The number of nitrogens with two attached hydrogens (primary N) is 2. The van der Waals surface area contributed by atoms with Crippen molar-refractivity contribution < 1.29 is 23.1 Å². The second-order valence-electron chi connectivity index (χ2n) is 9.18. The number of fused-ring (bicyclic) bond motifs is 1. The number of hydrogen-bond acceptors (Lipinski definition) is 7. The highest BCUT2D eigenvalue weighted by atomic mass is 32.2. The van der Waals surface area contributed by atoms with Crippen molar-refractivity contribution in [3.8, 4) is 17.3 Å². The van der Waals surface area contributed by atoms with Crippen molar-refractivity contribution in [2.75, 3.05) is 24.3 Å². The number of rotatable bonds is 7. The Morgan fingerprint density at radius 3 is 2.48 bits per heavy atom. The standard InChI is InChI=1S/C23H28N4O5S/c1-12-5-6-16(28)14(3)18(12)27-19(24)17(20(25)29)15-9-13(2)22(26-21(15)27)32-10-23(7-8-23)11-33(4,30)31/h5-6,9,28H,7-8,10-11,24H2,1-4H3,(H2,25,29). The third-order valence-electron chi connectivity index (χ3n) is 6.24. The summed E-state index contributed by atoms with van der Waals surface area (Å²) in [5, 5.41) is 10.8. The normalized spacial score (nSPS) is 15.0. The number of carbonyl (C=O) groups is 1. The third kappa shape index (κ3) is 4.10. The molecule has 2 heterocycles. The van der Waals surface area contributed by atoms with Crippen molar-refractivity contribution in [3.63, 3.8) is 0 Å². The fraction of sp³-hybridized carbons (Fsp3) is 0.391. The van der Waals surface area contributed by atoms with Crippen LogP contribution >= 0.6 is 0 Å². The van der Waals surface area contributed by atoms with Gasteiger partial charge in [0.05, 0.1) is 23.6 Å². The van der Waals surface area contributed by atoms with Gasteiger partial charge in [-0.3, -0.25) is 9.36 Å². The Bertz CT molecular complexity index is 1400. The minimum atomic E-state index is -3.13. The minimum Gasteiger partial charge on any atom is -0.508 e. The number of nitrogens with zero attached hydrogens (tertiary/aromatic N) is 2. The molecule has 1 aliphatic carbocycles. The summed E-state index contributed by atoms with van der Waals surface area (Å²) >= 11 is 0. The Labute approximate surface area is 192 Å². The topological polar surface area (TPSA) is 151 Å². The molecule has 0 aliphatic heterocycles. The van der Waals surface area contributed by atoms with Gasteiger partial charge < -0.3 is 21.3 Å². The minimum absolute atomic E-state index is 0.0676. The molecule has 0 spiro atoms. The van der Waals surface area contributed by atoms with Gasteiger partial charge in [0.1, 0.15) is 21.4 Å². The number of sulfone groups is 1. The Kier molecular flexibility index (Phi) is 5.31. The molecule has 10 heteroatoms. The number of hydrogen-bond donors (Lipinski definition) is 3. The lowest BCUT2D eigenvalue weighted by Crippen LogP contribution is -2.23. The molecular weight excluding hydrogens is 444 g/mol. The van der Waals surface area contributed by atoms with Crippen LogP contribution in [0, 0.1) is 26.2 Å². The number of anilines is 1. The van der Waals surface area contributed by atoms with Gasteiger partial charge in [0.15, 0.2) is 5.65 Å². The molecule has 1 aromatic carbocycles. The van der Waals surface area contributed by atoms with E-state index in [2.05, 4.69) is 4.98 Å². The predicted molar refractivity (Wildman–Crippen MR) is 127 cm³/mol. The molecule has 1 amide bonds. The van der Waals surface area contributed by atoms with Crippen LogP contribution < -0.4 is 16.2 Å². The maximum absolute atomic E-state index is 12.3. The van der Waals surface area contributed by atoms with E-state index in [1.54, 1.807) is 36.6 Å². The molecule has 0 saturated heterocycles. The summed E-state index contributed by atoms with van der Waals surface area (Å²) in [6.45, 7) is 5.63. The molecule has 4 rings (SSSR count). The van der Waals surface area contributed by atoms with Gasteiger partial charge in [-0.05, 0) is 51.3 Å². The molecule has 1 aliphatic rings. The van der Waals surface area contributed by atoms with Crippen molar-refractivity contribution in [2.24, 2.45) is 11.1 Å². The molecule has 0 atom stereocenters. The molecule has 5 N–H and O–H groups in total. The van der Waals surface area contributed by atoms with Crippen molar-refractivity contribution >= 4 is 32.6 Å². The average molecular weight is 473 g/mol. The van der Waals surface area contributed by atoms with Crippen LogP contribution in [0.3, 0.4) is 0 Å². The average Bonchev–Trinajstić information content (AvgIpc) is 3.39. The second kappa shape index (κ2) is 7.65. The monoisotopic (exact) mass is 472 g/mol. The molecule has 176 valence electrons. The van der Waals surface area contributed by atoms with Crippen LogP contribution in [0.25, 0.3) is 16.7 Å². The number of aromatic nitrogens is 2. The fourth-order valence-corrected chi connectivity index (χ4v) is 5.88. The lowest BCUT2D eigenvalue weighted by molar-refractivity contribution is 0.100. The maximum atomic E-state index is 12.3. The van der Waals surface area contributed by atoms with Crippen molar-refractivity contribution in [1.29, 1.82) is 0 Å². The van der Waals surface area contributed by atoms with Crippen LogP contribution in [0.2, 0.25) is 0 Å². The lowest BCUT2D eigenvalue weighted by atomic mass is 10.1. The predicted octanol–water partition coefficient (Wildman–Crippen LogP) is 2.54. The molecule has 2 aromatic heterocycles. The summed E-state index contributed by atoms with van der Waals surface area (Å²) in [4.78, 5) is 17.0. The van der Waals surface area contributed by atoms with Gasteiger partial charge in [-0.1, -0.05) is 6.07 Å². The number of benzene rings is 1. The SMILES string of the molecule is Cc1cc2c(C(N)=O)c(N)n(-c3c(C)ccc(O)c3C)c2nc1OCC1(CS(C)(=O)=O)CC1. The van der Waals surface area contributed by atoms with Crippen molar-refractivity contribution in [3.05, 3.63) is 40.5 Å². The highest BCUT2D eigenvalue weighted by Crippen LogP contribution is 2.47. The van der Waals surface area contributed by atoms with E-state index in [1.165, 1.54) is 6.26 Å². The van der Waals surface area contributed by atoms with Crippen LogP contribution in [-0.4, -0.2) is 47.6 Å². The smallest absolute Gasteiger partial charge is 0.253 e. The van der Waals surface area contributed by atoms with Crippen molar-refractivity contribution in [2.45, 2.75) is 33.6 Å². The third-order valence-corrected chi connectivity index (χ3v) is 7.38. The number of carbonyl (C=O) groups excluding carboxylic acids is 1. The van der Waals surface area contributed by atoms with E-state index in [0.29, 0.717) is 33.7 Å². The number of ether oxygens (including phenoxy) is 1. The van der Waals surface area contributed by atoms with E-state index in [4.69, 9.17) is 16.2 Å². The van der Waals surface area contributed by atoms with Gasteiger partial charge in [0.25, 0.3) is 5.91 Å². The number of phenolic OH excluding ortho intramolecular Hbond substituents is 1. The number of phenols is 1. The molecule has 1 fully saturated rings. The number of primary amides is 1. The Morgan fingerprint density at radius 1 is 1.24 bits per heavy atom. The molecule has 0 bridgehead atoms. The maximum Gasteiger partial charge on any atom is 0.253 e. The number of amides is 1. The number of aryl methyl sites for hydroxylation is 2. The van der Waals surface area contributed by atoms with Crippen LogP contribution in [-0.2, 0) is 9.84 Å². The van der Waals surface area contributed by atoms with Gasteiger partial charge in [0.2, 0.25) is 5.88 Å². The molecule has 33 heavy (non-hydrogen) atoms. The highest BCUT2D eigenvalue weighted by molar-refractivity contribution is 7.90. The first-order valence-corrected chi connectivity index (χ1v) is 12.6. The van der Waals surface area contributed by atoms with Gasteiger partial charge in [0, 0.05) is 28.2 Å². The zero-order chi connectivity index (χ0) is 24.3. The molecular formula is C23H28N4O5S. The van der Waals surface area contributed by atoms with E-state index >= 15 is 0 Å². The summed E-state index contributed by atoms with van der Waals surface area (Å²) in [5.74, 6) is -0.0937. The van der Waals surface area contributed by atoms with Gasteiger partial charge in [-0.15, -0.1) is 0 Å². The molecule has 0 unspecified atom stereocenters. The summed E-state index contributed by atoms with van der Waals surface area (Å²) in [6.07, 6.45) is 2.78. The Balaban J connectivity index is 1.87. The first kappa shape index (κ1) is 22.9. The quantitative estimate of drug-likeness (QED) is 0.478. The Morgan fingerprint density at radius 2 is 1.91 bits per heavy atom. The Hall–Kier alpha value is -3.27. The molecule has 1 saturated carbocycles. The highest BCUT2D eigenvalue weighted by Gasteiger charge is 2.46. The number of pyridine rings is 1. The van der Waals surface area contributed by atoms with E-state index in [1.807, 2.05) is 6.92 Å².